The first kappa shape index (κ1) is 8.99. The molecule has 3 nitrogen and oxygen atoms in total. The third kappa shape index (κ3) is 1.85. The second-order valence-electron chi connectivity index (χ2n) is 2.75. The maximum Gasteiger partial charge on any atom is 0.246 e. The number of rotatable bonds is 1. The minimum absolute atomic E-state index is 0.0670. The smallest absolute Gasteiger partial charge is 0.246 e. The van der Waals surface area contributed by atoms with Crippen LogP contribution in [0.1, 0.15) is 11.7 Å². The molecule has 1 saturated heterocycles. The number of halogens is 1. The van der Waals surface area contributed by atoms with Crippen molar-refractivity contribution in [2.24, 2.45) is 0 Å². The minimum atomic E-state index is -0.0866. The Morgan fingerprint density at radius 2 is 2.54 bits per heavy atom. The van der Waals surface area contributed by atoms with Crippen molar-refractivity contribution in [1.29, 1.82) is 0 Å². The zero-order valence-electron chi connectivity index (χ0n) is 6.75. The lowest BCUT2D eigenvalue weighted by Crippen LogP contribution is -2.38. The van der Waals surface area contributed by atoms with Crippen molar-refractivity contribution in [2.75, 3.05) is 13.2 Å². The average molecular weight is 218 g/mol. The fraction of sp³-hybridized carbons (Fsp3) is 0.375. The van der Waals surface area contributed by atoms with Gasteiger partial charge in [0.2, 0.25) is 5.91 Å². The maximum atomic E-state index is 10.8. The molecule has 70 valence electrons. The maximum absolute atomic E-state index is 10.8. The Morgan fingerprint density at radius 1 is 1.69 bits per heavy atom. The fourth-order valence-electron chi connectivity index (χ4n) is 1.23. The number of hydrogen-bond donors (Lipinski definition) is 1. The van der Waals surface area contributed by atoms with Crippen molar-refractivity contribution >= 4 is 28.8 Å². The lowest BCUT2D eigenvalue weighted by molar-refractivity contribution is -0.133. The third-order valence-corrected chi connectivity index (χ3v) is 3.09. The molecule has 0 radical (unpaired) electrons. The first-order chi connectivity index (χ1) is 6.27. The summed E-state index contributed by atoms with van der Waals surface area (Å²) in [5.74, 6) is -0.0670. The van der Waals surface area contributed by atoms with Gasteiger partial charge in [-0.25, -0.2) is 0 Å². The molecule has 1 aliphatic rings. The molecule has 0 aromatic carbocycles. The van der Waals surface area contributed by atoms with Crippen molar-refractivity contribution in [1.82, 2.24) is 5.32 Å². The fourth-order valence-corrected chi connectivity index (χ4v) is 2.24. The third-order valence-electron chi connectivity index (χ3n) is 1.89. The average Bonchev–Trinajstić information content (AvgIpc) is 2.53. The molecule has 1 N–H and O–H groups in total. The monoisotopic (exact) mass is 217 g/mol. The van der Waals surface area contributed by atoms with Crippen LogP contribution in [0, 0.1) is 0 Å². The minimum Gasteiger partial charge on any atom is -0.362 e. The van der Waals surface area contributed by atoms with Crippen LogP contribution in [0.3, 0.4) is 0 Å². The number of carbonyl (C=O) groups is 1. The van der Waals surface area contributed by atoms with Gasteiger partial charge in [-0.3, -0.25) is 4.79 Å². The van der Waals surface area contributed by atoms with Crippen molar-refractivity contribution < 1.29 is 9.53 Å². The number of thiophene rings is 1. The number of hydrogen-bond acceptors (Lipinski definition) is 3. The Balaban J connectivity index is 2.10. The number of amides is 1. The van der Waals surface area contributed by atoms with Crippen LogP contribution >= 0.6 is 22.9 Å². The molecule has 2 rings (SSSR count). The van der Waals surface area contributed by atoms with E-state index >= 15 is 0 Å². The Hall–Kier alpha value is -0.580. The first-order valence-electron chi connectivity index (χ1n) is 3.88. The molecule has 2 heterocycles. The normalized spacial score (nSPS) is 22.8. The molecule has 1 unspecified atom stereocenters. The summed E-state index contributed by atoms with van der Waals surface area (Å²) in [7, 11) is 0. The van der Waals surface area contributed by atoms with Crippen molar-refractivity contribution in [3.05, 3.63) is 21.3 Å². The Kier molecular flexibility index (Phi) is 2.53. The van der Waals surface area contributed by atoms with Crippen LogP contribution in [-0.2, 0) is 9.53 Å². The highest BCUT2D eigenvalue weighted by molar-refractivity contribution is 7.14. The van der Waals surface area contributed by atoms with Gasteiger partial charge in [0, 0.05) is 12.1 Å². The highest BCUT2D eigenvalue weighted by Crippen LogP contribution is 2.30. The van der Waals surface area contributed by atoms with Gasteiger partial charge in [-0.1, -0.05) is 11.6 Å². The molecular formula is C8H8ClNO2S. The summed E-state index contributed by atoms with van der Waals surface area (Å²) in [4.78, 5) is 10.8. The van der Waals surface area contributed by atoms with Gasteiger partial charge in [0.05, 0.1) is 4.34 Å². The van der Waals surface area contributed by atoms with Crippen LogP contribution in [-0.4, -0.2) is 19.1 Å². The van der Waals surface area contributed by atoms with Gasteiger partial charge in [-0.15, -0.1) is 11.3 Å². The quantitative estimate of drug-likeness (QED) is 0.776. The molecule has 1 atom stereocenters. The Bertz CT molecular complexity index is 316. The van der Waals surface area contributed by atoms with Gasteiger partial charge < -0.3 is 10.1 Å². The van der Waals surface area contributed by atoms with E-state index in [-0.39, 0.29) is 18.6 Å². The highest BCUT2D eigenvalue weighted by Gasteiger charge is 2.22. The molecule has 13 heavy (non-hydrogen) atoms. The molecule has 0 spiro atoms. The highest BCUT2D eigenvalue weighted by atomic mass is 35.5. The molecule has 5 heteroatoms. The second-order valence-corrected chi connectivity index (χ2v) is 4.27. The van der Waals surface area contributed by atoms with Crippen molar-refractivity contribution in [2.45, 2.75) is 6.10 Å². The van der Waals surface area contributed by atoms with E-state index in [1.165, 1.54) is 11.3 Å². The molecule has 1 aromatic rings. The molecule has 1 fully saturated rings. The zero-order chi connectivity index (χ0) is 9.26. The summed E-state index contributed by atoms with van der Waals surface area (Å²) in [6.45, 7) is 0.631. The van der Waals surface area contributed by atoms with E-state index in [0.717, 1.165) is 9.90 Å². The van der Waals surface area contributed by atoms with Gasteiger partial charge >= 0.3 is 0 Å². The van der Waals surface area contributed by atoms with Gasteiger partial charge in [-0.2, -0.15) is 0 Å². The van der Waals surface area contributed by atoms with E-state index < -0.39 is 0 Å². The van der Waals surface area contributed by atoms with Gasteiger partial charge in [0.25, 0.3) is 0 Å². The van der Waals surface area contributed by atoms with Crippen LogP contribution in [0.2, 0.25) is 4.34 Å². The zero-order valence-corrected chi connectivity index (χ0v) is 8.32. The summed E-state index contributed by atoms with van der Waals surface area (Å²) in [6, 6.07) is 1.93. The van der Waals surface area contributed by atoms with Crippen LogP contribution in [0.5, 0.6) is 0 Å². The van der Waals surface area contributed by atoms with Gasteiger partial charge in [-0.05, 0) is 11.4 Å². The lowest BCUT2D eigenvalue weighted by atomic mass is 10.2. The van der Waals surface area contributed by atoms with E-state index in [1.54, 1.807) is 0 Å². The SMILES string of the molecule is O=C1COC(c2ccsc2Cl)CN1. The van der Waals surface area contributed by atoms with Crippen molar-refractivity contribution in [3.63, 3.8) is 0 Å². The van der Waals surface area contributed by atoms with Crippen LogP contribution in [0.4, 0.5) is 0 Å². The summed E-state index contributed by atoms with van der Waals surface area (Å²) in [5, 5.41) is 4.64. The first-order valence-corrected chi connectivity index (χ1v) is 5.14. The Labute approximate surface area is 84.7 Å². The van der Waals surface area contributed by atoms with E-state index in [1.807, 2.05) is 11.4 Å². The Morgan fingerprint density at radius 3 is 3.08 bits per heavy atom. The van der Waals surface area contributed by atoms with E-state index in [9.17, 15) is 4.79 Å². The van der Waals surface area contributed by atoms with Gasteiger partial charge in [0.15, 0.2) is 0 Å². The number of ether oxygens (including phenoxy) is 1. The summed E-state index contributed by atoms with van der Waals surface area (Å²) >= 11 is 7.41. The largest absolute Gasteiger partial charge is 0.362 e. The predicted octanol–water partition coefficient (Wildman–Crippen LogP) is 1.59. The summed E-state index contributed by atoms with van der Waals surface area (Å²) < 4.78 is 6.06. The summed E-state index contributed by atoms with van der Waals surface area (Å²) in [6.07, 6.45) is -0.0866. The molecule has 1 aromatic heterocycles. The van der Waals surface area contributed by atoms with E-state index in [4.69, 9.17) is 16.3 Å². The molecule has 1 aliphatic heterocycles. The molecule has 0 saturated carbocycles. The van der Waals surface area contributed by atoms with Crippen LogP contribution < -0.4 is 5.32 Å². The number of morpholine rings is 1. The lowest BCUT2D eigenvalue weighted by Gasteiger charge is -2.22. The van der Waals surface area contributed by atoms with Gasteiger partial charge in [0.1, 0.15) is 12.7 Å². The molecular weight excluding hydrogens is 210 g/mol. The molecule has 0 bridgehead atoms. The van der Waals surface area contributed by atoms with Crippen LogP contribution in [0.25, 0.3) is 0 Å². The van der Waals surface area contributed by atoms with Crippen molar-refractivity contribution in [3.8, 4) is 0 Å². The van der Waals surface area contributed by atoms with Crippen LogP contribution in [0.15, 0.2) is 11.4 Å². The van der Waals surface area contributed by atoms with E-state index in [0.29, 0.717) is 6.54 Å². The predicted molar refractivity (Wildman–Crippen MR) is 51.0 cm³/mol. The second kappa shape index (κ2) is 3.65. The topological polar surface area (TPSA) is 38.3 Å². The molecule has 1 amide bonds. The number of carbonyl (C=O) groups excluding carboxylic acids is 1. The standard InChI is InChI=1S/C8H8ClNO2S/c9-8-5(1-2-13-8)6-3-10-7(11)4-12-6/h1-2,6H,3-4H2,(H,10,11). The summed E-state index contributed by atoms with van der Waals surface area (Å²) in [5.41, 5.74) is 0.965. The van der Waals surface area contributed by atoms with E-state index in [2.05, 4.69) is 5.32 Å². The molecule has 0 aliphatic carbocycles. The number of nitrogens with one attached hydrogen (secondary N) is 1.